The van der Waals surface area contributed by atoms with E-state index in [2.05, 4.69) is 42.2 Å². The molecule has 15 N–H and O–H groups in total. The maximum Gasteiger partial charge on any atom is 0.327 e. The highest BCUT2D eigenvalue weighted by Gasteiger charge is 2.36. The van der Waals surface area contributed by atoms with E-state index in [0.29, 0.717) is 35.1 Å². The van der Waals surface area contributed by atoms with Crippen LogP contribution < -0.4 is 48.7 Å². The van der Waals surface area contributed by atoms with Crippen LogP contribution in [0.5, 0.6) is 5.75 Å². The first kappa shape index (κ1) is 58.8. The number of amides is 7. The number of aliphatic hydroxyl groups excluding tert-OH is 1. The van der Waals surface area contributed by atoms with Gasteiger partial charge in [0.2, 0.25) is 41.4 Å². The number of fused-ring (bicyclic) bond motifs is 1. The normalized spacial score (nSPS) is 23.5. The van der Waals surface area contributed by atoms with Gasteiger partial charge in [0, 0.05) is 54.3 Å². The molecule has 0 aliphatic carbocycles. The smallest absolute Gasteiger partial charge is 0.327 e. The minimum absolute atomic E-state index is 0.0136. The van der Waals surface area contributed by atoms with Crippen LogP contribution in [0, 0.1) is 0 Å². The fourth-order valence-electron chi connectivity index (χ4n) is 8.46. The van der Waals surface area contributed by atoms with E-state index in [1.165, 1.54) is 31.2 Å². The summed E-state index contributed by atoms with van der Waals surface area (Å²) in [5.41, 5.74) is 15.3. The van der Waals surface area contributed by atoms with Gasteiger partial charge in [-0.15, -0.1) is 0 Å². The highest BCUT2D eigenvalue weighted by atomic mass is 33.1. The Labute approximate surface area is 453 Å². The predicted molar refractivity (Wildman–Crippen MR) is 293 cm³/mol. The molecule has 5 aromatic rings. The van der Waals surface area contributed by atoms with Crippen molar-refractivity contribution in [3.63, 3.8) is 0 Å². The molecule has 0 radical (unpaired) electrons. The van der Waals surface area contributed by atoms with Crippen LogP contribution >= 0.6 is 21.6 Å². The van der Waals surface area contributed by atoms with Crippen molar-refractivity contribution in [2.45, 2.75) is 106 Å². The van der Waals surface area contributed by atoms with Gasteiger partial charge < -0.3 is 69.0 Å². The third-order valence-corrected chi connectivity index (χ3v) is 15.2. The number of aliphatic carboxylic acids is 1. The number of carboxylic acid groups (broad SMARTS) is 1. The van der Waals surface area contributed by atoms with Crippen molar-refractivity contribution in [3.8, 4) is 5.75 Å². The summed E-state index contributed by atoms with van der Waals surface area (Å²) in [5.74, 6) is -7.78. The molecule has 410 valence electrons. The number of phenolic OH excluding ortho intramolecular Hbond substituents is 1. The van der Waals surface area contributed by atoms with Gasteiger partial charge in [-0.1, -0.05) is 113 Å². The zero-order valence-corrected chi connectivity index (χ0v) is 43.9. The molecule has 2 heterocycles. The highest BCUT2D eigenvalue weighted by Crippen LogP contribution is 2.24. The molecule has 9 atom stereocenters. The Balaban J connectivity index is 1.40. The zero-order chi connectivity index (χ0) is 55.4. The molecule has 4 aromatic carbocycles. The highest BCUT2D eigenvalue weighted by molar-refractivity contribution is 8.76. The van der Waals surface area contributed by atoms with E-state index in [9.17, 15) is 53.7 Å². The second-order valence-corrected chi connectivity index (χ2v) is 21.3. The number of carbonyl (C=O) groups excluding carboxylic acids is 7. The molecular formula is C54H66N10O11S2. The lowest BCUT2D eigenvalue weighted by atomic mass is 10.00. The monoisotopic (exact) mass is 1090 g/mol. The van der Waals surface area contributed by atoms with Gasteiger partial charge in [-0.2, -0.15) is 0 Å². The third kappa shape index (κ3) is 17.8. The molecule has 0 saturated carbocycles. The predicted octanol–water partition coefficient (Wildman–Crippen LogP) is 0.854. The van der Waals surface area contributed by atoms with Gasteiger partial charge in [-0.05, 0) is 73.2 Å². The first-order valence-corrected chi connectivity index (χ1v) is 27.6. The zero-order valence-electron chi connectivity index (χ0n) is 42.3. The summed E-state index contributed by atoms with van der Waals surface area (Å²) in [6.45, 7) is 1.47. The SMILES string of the molecule is C[C@@H](O)[C@@H]1NC(=O)[C@H](CCCCN)NC(=O)[C@@H](Cc2c[nH]c3ccccc23)NC(=O)[C@H](Cc2ccccc2)NC(=O)[C@H](Cc2ccccc2)NC(=O)[C@@H](N)CSSC[C@@H](C(=O)O)NC(=O)[C@H](Cc2ccc(O)cc2)NC1=O. The molecule has 1 saturated heterocycles. The number of H-pyrrole nitrogens is 1. The molecule has 0 unspecified atom stereocenters. The first-order valence-electron chi connectivity index (χ1n) is 25.1. The van der Waals surface area contributed by atoms with Crippen molar-refractivity contribution in [2.75, 3.05) is 18.1 Å². The molecular weight excluding hydrogens is 1030 g/mol. The Morgan fingerprint density at radius 1 is 0.571 bits per heavy atom. The van der Waals surface area contributed by atoms with Gasteiger partial charge in [0.25, 0.3) is 0 Å². The number of nitrogens with one attached hydrogen (secondary N) is 8. The fraction of sp³-hybridized carbons (Fsp3) is 0.370. The van der Waals surface area contributed by atoms with Gasteiger partial charge in [-0.25, -0.2) is 4.79 Å². The summed E-state index contributed by atoms with van der Waals surface area (Å²) in [6.07, 6.45) is 0.413. The Morgan fingerprint density at radius 2 is 1.04 bits per heavy atom. The summed E-state index contributed by atoms with van der Waals surface area (Å²) in [5, 5.41) is 50.6. The van der Waals surface area contributed by atoms with E-state index in [0.717, 1.165) is 32.5 Å². The van der Waals surface area contributed by atoms with Gasteiger partial charge in [0.1, 0.15) is 48.0 Å². The number of unbranched alkanes of at least 4 members (excludes halogenated alkanes) is 1. The molecule has 1 aliphatic heterocycles. The van der Waals surface area contributed by atoms with Gasteiger partial charge in [0.05, 0.1) is 12.1 Å². The Hall–Kier alpha value is -7.44. The van der Waals surface area contributed by atoms with Crippen LogP contribution in [0.4, 0.5) is 0 Å². The number of aromatic hydroxyl groups is 1. The number of hydrogen-bond acceptors (Lipinski definition) is 14. The van der Waals surface area contributed by atoms with Crippen molar-refractivity contribution in [2.24, 2.45) is 11.5 Å². The second-order valence-electron chi connectivity index (χ2n) is 18.7. The van der Waals surface area contributed by atoms with E-state index < -0.39 is 102 Å². The lowest BCUT2D eigenvalue weighted by Crippen LogP contribution is -2.62. The number of carbonyl (C=O) groups is 8. The molecule has 1 fully saturated rings. The molecule has 7 amide bonds. The number of aliphatic hydroxyl groups is 1. The Bertz CT molecular complexity index is 2810. The van der Waals surface area contributed by atoms with Gasteiger partial charge in [-0.3, -0.25) is 33.6 Å². The van der Waals surface area contributed by atoms with Crippen LogP contribution in [0.25, 0.3) is 10.9 Å². The molecule has 77 heavy (non-hydrogen) atoms. The summed E-state index contributed by atoms with van der Waals surface area (Å²) in [4.78, 5) is 116. The van der Waals surface area contributed by atoms with E-state index >= 15 is 0 Å². The molecule has 6 rings (SSSR count). The largest absolute Gasteiger partial charge is 0.508 e. The molecule has 21 nitrogen and oxygen atoms in total. The van der Waals surface area contributed by atoms with Crippen LogP contribution in [-0.2, 0) is 64.0 Å². The molecule has 0 spiro atoms. The maximum absolute atomic E-state index is 14.8. The van der Waals surface area contributed by atoms with Crippen molar-refractivity contribution >= 4 is 79.8 Å². The number of para-hydroxylation sites is 1. The number of nitrogens with two attached hydrogens (primary N) is 2. The first-order chi connectivity index (χ1) is 37.0. The molecule has 1 aliphatic rings. The number of aromatic nitrogens is 1. The summed E-state index contributed by atoms with van der Waals surface area (Å²) >= 11 is 0. The van der Waals surface area contributed by atoms with Crippen molar-refractivity contribution < 1.29 is 53.7 Å². The van der Waals surface area contributed by atoms with Crippen molar-refractivity contribution in [1.29, 1.82) is 0 Å². The van der Waals surface area contributed by atoms with Crippen LogP contribution in [0.2, 0.25) is 0 Å². The second kappa shape index (κ2) is 29.2. The van der Waals surface area contributed by atoms with Crippen LogP contribution in [-0.4, -0.2) is 140 Å². The Kier molecular flexibility index (Phi) is 22.3. The number of carboxylic acids is 1. The van der Waals surface area contributed by atoms with E-state index in [1.807, 2.05) is 24.3 Å². The molecule has 1 aromatic heterocycles. The minimum atomic E-state index is -1.73. The number of phenols is 1. The Morgan fingerprint density at radius 3 is 1.60 bits per heavy atom. The minimum Gasteiger partial charge on any atom is -0.508 e. The third-order valence-electron chi connectivity index (χ3n) is 12.7. The van der Waals surface area contributed by atoms with Crippen molar-refractivity contribution in [3.05, 3.63) is 138 Å². The van der Waals surface area contributed by atoms with E-state index in [4.69, 9.17) is 11.5 Å². The van der Waals surface area contributed by atoms with Gasteiger partial charge in [0.15, 0.2) is 0 Å². The average Bonchev–Trinajstić information content (AvgIpc) is 3.82. The fourth-order valence-corrected chi connectivity index (χ4v) is 10.7. The molecule has 23 heteroatoms. The summed E-state index contributed by atoms with van der Waals surface area (Å²) in [7, 11) is 2.02. The van der Waals surface area contributed by atoms with Crippen LogP contribution in [0.3, 0.4) is 0 Å². The van der Waals surface area contributed by atoms with Gasteiger partial charge >= 0.3 is 5.97 Å². The number of rotatable bonds is 14. The maximum atomic E-state index is 14.8. The summed E-state index contributed by atoms with van der Waals surface area (Å²) in [6, 6.07) is 19.3. The summed E-state index contributed by atoms with van der Waals surface area (Å²) < 4.78 is 0. The van der Waals surface area contributed by atoms with Crippen LogP contribution in [0.15, 0.2) is 115 Å². The van der Waals surface area contributed by atoms with E-state index in [1.54, 1.807) is 66.9 Å². The lowest BCUT2D eigenvalue weighted by molar-refractivity contribution is -0.141. The standard InChI is InChI=1S/C54H66N10O11S2/c1-31(65)46-53(73)62-43(26-34-19-21-36(66)22-20-34)51(71)63-45(54(74)75)30-77-76-29-38(56)47(67)59-41(24-32-12-4-2-5-13-32)49(69)60-42(25-33-14-6-3-7-15-33)50(70)61-44(27-35-28-57-39-17-9-8-16-37(35)39)52(72)58-40(48(68)64-46)18-10-11-23-55/h2-9,12-17,19-22,28,31,38,40-46,57,65-66H,10-11,18,23-27,29-30,55-56H2,1H3,(H,58,72)(H,59,67)(H,60,69)(H,61,70)(H,62,73)(H,63,71)(H,64,68)(H,74,75)/t31-,38+,40+,41+,42+,43+,44-,45+,46+/m1/s1. The lowest BCUT2D eigenvalue weighted by Gasteiger charge is -2.29. The number of benzene rings is 4. The number of hydrogen-bond donors (Lipinski definition) is 13. The molecule has 0 bridgehead atoms. The van der Waals surface area contributed by atoms with Crippen molar-refractivity contribution in [1.82, 2.24) is 42.2 Å². The number of aromatic amines is 1. The van der Waals surface area contributed by atoms with E-state index in [-0.39, 0.29) is 55.9 Å². The average molecular weight is 1100 g/mol. The quantitative estimate of drug-likeness (QED) is 0.0542. The topological polar surface area (TPSA) is 349 Å². The van der Waals surface area contributed by atoms with Crippen LogP contribution in [0.1, 0.15) is 48.4 Å².